The van der Waals surface area contributed by atoms with E-state index in [0.717, 1.165) is 12.3 Å². The zero-order valence-corrected chi connectivity index (χ0v) is 20.2. The molecule has 0 saturated heterocycles. The number of pyridine rings is 2. The number of alkyl halides is 2. The second-order valence-corrected chi connectivity index (χ2v) is 9.92. The molecule has 1 aliphatic heterocycles. The Labute approximate surface area is 206 Å². The molecule has 2 aromatic rings. The number of aliphatic hydroxyl groups is 1. The van der Waals surface area contributed by atoms with E-state index in [-0.39, 0.29) is 36.2 Å². The number of aromatic nitrogens is 2. The molecule has 3 atom stereocenters. The lowest BCUT2D eigenvalue weighted by Crippen LogP contribution is -2.31. The van der Waals surface area contributed by atoms with Gasteiger partial charge < -0.3 is 15.7 Å². The van der Waals surface area contributed by atoms with Crippen molar-refractivity contribution in [2.75, 3.05) is 5.32 Å². The first kappa shape index (κ1) is 25.8. The molecule has 36 heavy (non-hydrogen) atoms. The van der Waals surface area contributed by atoms with Crippen LogP contribution in [0.2, 0.25) is 0 Å². The molecule has 4 rings (SSSR count). The fraction of sp³-hybridized carbons (Fsp3) is 0.423. The number of carbonyl (C=O) groups is 1. The van der Waals surface area contributed by atoms with Crippen molar-refractivity contribution in [3.05, 3.63) is 77.0 Å². The number of hydrogen-bond acceptors (Lipinski definition) is 5. The summed E-state index contributed by atoms with van der Waals surface area (Å²) in [6.07, 6.45) is 6.41. The Bertz CT molecular complexity index is 1220. The molecule has 3 unspecified atom stereocenters. The van der Waals surface area contributed by atoms with Crippen molar-refractivity contribution in [3.8, 4) is 0 Å². The Kier molecular flexibility index (Phi) is 6.92. The third kappa shape index (κ3) is 5.28. The second-order valence-electron chi connectivity index (χ2n) is 9.92. The van der Waals surface area contributed by atoms with Gasteiger partial charge in [-0.15, -0.1) is 0 Å². The predicted octanol–water partition coefficient (Wildman–Crippen LogP) is 5.65. The Balaban J connectivity index is 1.75. The molecule has 1 amide bonds. The molecule has 1 aliphatic carbocycles. The standard InChI is InChI=1S/C26H28F4N4O2/c1-14-12-26(29,30)8-6-16(14)21-22(17(7-10-32-21)20-18(27)5-4-9-31-20)34-24(35)15-11-19(28)23(33-13-15)25(2,3)36/h4-5,7,9-11,13-14,16,20,31,36H,6,8,12H2,1-3H3,(H,34,35). The molecule has 3 N–H and O–H groups in total. The highest BCUT2D eigenvalue weighted by atomic mass is 19.3. The predicted molar refractivity (Wildman–Crippen MR) is 127 cm³/mol. The minimum atomic E-state index is -2.78. The molecule has 1 fully saturated rings. The summed E-state index contributed by atoms with van der Waals surface area (Å²) in [7, 11) is 0. The van der Waals surface area contributed by atoms with Gasteiger partial charge in [-0.25, -0.2) is 17.6 Å². The van der Waals surface area contributed by atoms with Crippen LogP contribution >= 0.6 is 0 Å². The van der Waals surface area contributed by atoms with Gasteiger partial charge in [0.05, 0.1) is 16.9 Å². The van der Waals surface area contributed by atoms with E-state index in [2.05, 4.69) is 20.6 Å². The number of rotatable bonds is 5. The van der Waals surface area contributed by atoms with Gasteiger partial charge in [0, 0.05) is 36.7 Å². The van der Waals surface area contributed by atoms with Crippen LogP contribution in [0, 0.1) is 11.7 Å². The van der Waals surface area contributed by atoms with E-state index in [9.17, 15) is 27.5 Å². The number of anilines is 1. The van der Waals surface area contributed by atoms with E-state index >= 15 is 0 Å². The van der Waals surface area contributed by atoms with Gasteiger partial charge in [-0.2, -0.15) is 0 Å². The Morgan fingerprint density at radius 2 is 2.03 bits per heavy atom. The van der Waals surface area contributed by atoms with E-state index in [4.69, 9.17) is 0 Å². The van der Waals surface area contributed by atoms with Gasteiger partial charge in [-0.05, 0) is 56.7 Å². The van der Waals surface area contributed by atoms with Gasteiger partial charge in [0.25, 0.3) is 5.91 Å². The molecular formula is C26H28F4N4O2. The highest BCUT2D eigenvalue weighted by Gasteiger charge is 2.42. The molecule has 192 valence electrons. The number of carbonyl (C=O) groups excluding carboxylic acids is 1. The Morgan fingerprint density at radius 3 is 2.67 bits per heavy atom. The zero-order valence-electron chi connectivity index (χ0n) is 20.2. The third-order valence-electron chi connectivity index (χ3n) is 6.62. The van der Waals surface area contributed by atoms with Crippen LogP contribution in [0.4, 0.5) is 23.2 Å². The topological polar surface area (TPSA) is 87.1 Å². The number of allylic oxidation sites excluding steroid dienone is 2. The summed E-state index contributed by atoms with van der Waals surface area (Å²) in [5.41, 5.74) is -0.979. The summed E-state index contributed by atoms with van der Waals surface area (Å²) >= 11 is 0. The van der Waals surface area contributed by atoms with Crippen molar-refractivity contribution < 1.29 is 27.5 Å². The van der Waals surface area contributed by atoms with Crippen LogP contribution in [0.5, 0.6) is 0 Å². The SMILES string of the molecule is CC1CC(F)(F)CCC1c1nccc(C2NC=CC=C2F)c1NC(=O)c1cnc(C(C)(C)O)c(F)c1. The van der Waals surface area contributed by atoms with E-state index in [0.29, 0.717) is 11.3 Å². The average molecular weight is 505 g/mol. The lowest BCUT2D eigenvalue weighted by Gasteiger charge is -2.35. The van der Waals surface area contributed by atoms with Crippen molar-refractivity contribution in [2.24, 2.45) is 5.92 Å². The van der Waals surface area contributed by atoms with Crippen LogP contribution in [-0.2, 0) is 5.60 Å². The van der Waals surface area contributed by atoms with Crippen LogP contribution in [-0.4, -0.2) is 26.9 Å². The summed E-state index contributed by atoms with van der Waals surface area (Å²) in [6, 6.07) is 1.57. The monoisotopic (exact) mass is 504 g/mol. The molecule has 2 aromatic heterocycles. The number of halogens is 4. The van der Waals surface area contributed by atoms with Crippen molar-refractivity contribution >= 4 is 11.6 Å². The largest absolute Gasteiger partial charge is 0.384 e. The smallest absolute Gasteiger partial charge is 0.257 e. The van der Waals surface area contributed by atoms with Gasteiger partial charge >= 0.3 is 0 Å². The van der Waals surface area contributed by atoms with Gasteiger partial charge in [-0.1, -0.05) is 6.92 Å². The molecular weight excluding hydrogens is 476 g/mol. The van der Waals surface area contributed by atoms with E-state index in [1.54, 1.807) is 19.2 Å². The summed E-state index contributed by atoms with van der Waals surface area (Å²) in [5.74, 6) is -5.74. The third-order valence-corrected chi connectivity index (χ3v) is 6.62. The number of amides is 1. The Hall–Kier alpha value is -3.27. The second kappa shape index (κ2) is 9.65. The molecule has 2 aliphatic rings. The first-order valence-corrected chi connectivity index (χ1v) is 11.7. The van der Waals surface area contributed by atoms with E-state index in [1.165, 1.54) is 32.2 Å². The Morgan fingerprint density at radius 1 is 1.28 bits per heavy atom. The van der Waals surface area contributed by atoms with Crippen molar-refractivity contribution in [3.63, 3.8) is 0 Å². The lowest BCUT2D eigenvalue weighted by atomic mass is 9.75. The number of dihydropyridines is 1. The molecule has 0 spiro atoms. The van der Waals surface area contributed by atoms with Gasteiger partial charge in [0.1, 0.15) is 29.0 Å². The van der Waals surface area contributed by atoms with Crippen LogP contribution < -0.4 is 10.6 Å². The minimum Gasteiger partial charge on any atom is -0.384 e. The summed E-state index contributed by atoms with van der Waals surface area (Å²) < 4.78 is 57.4. The van der Waals surface area contributed by atoms with Crippen molar-refractivity contribution in [1.82, 2.24) is 15.3 Å². The van der Waals surface area contributed by atoms with E-state index in [1.807, 2.05) is 0 Å². The summed E-state index contributed by atoms with van der Waals surface area (Å²) in [4.78, 5) is 21.5. The molecule has 1 saturated carbocycles. The van der Waals surface area contributed by atoms with Gasteiger partial charge in [0.15, 0.2) is 0 Å². The molecule has 3 heterocycles. The highest BCUT2D eigenvalue weighted by Crippen LogP contribution is 2.47. The molecule has 10 heteroatoms. The first-order chi connectivity index (χ1) is 16.9. The summed E-state index contributed by atoms with van der Waals surface area (Å²) in [5, 5.41) is 15.7. The fourth-order valence-electron chi connectivity index (χ4n) is 4.83. The van der Waals surface area contributed by atoms with Crippen molar-refractivity contribution in [1.29, 1.82) is 0 Å². The van der Waals surface area contributed by atoms with Crippen molar-refractivity contribution in [2.45, 2.75) is 63.5 Å². The van der Waals surface area contributed by atoms with Gasteiger partial charge in [0.2, 0.25) is 5.92 Å². The van der Waals surface area contributed by atoms with Crippen LogP contribution in [0.1, 0.15) is 79.3 Å². The minimum absolute atomic E-state index is 0.128. The molecule has 0 radical (unpaired) electrons. The first-order valence-electron chi connectivity index (χ1n) is 11.7. The number of nitrogens with one attached hydrogen (secondary N) is 2. The maximum atomic E-state index is 14.8. The lowest BCUT2D eigenvalue weighted by molar-refractivity contribution is -0.0558. The quantitative estimate of drug-likeness (QED) is 0.459. The maximum Gasteiger partial charge on any atom is 0.257 e. The number of nitrogens with zero attached hydrogens (tertiary/aromatic N) is 2. The normalized spacial score (nSPS) is 23.6. The van der Waals surface area contributed by atoms with Crippen LogP contribution in [0.25, 0.3) is 0 Å². The molecule has 6 nitrogen and oxygen atoms in total. The molecule has 0 aromatic carbocycles. The van der Waals surface area contributed by atoms with E-state index < -0.39 is 47.0 Å². The maximum absolute atomic E-state index is 14.8. The number of hydrogen-bond donors (Lipinski definition) is 3. The van der Waals surface area contributed by atoms with Crippen LogP contribution in [0.15, 0.2) is 48.7 Å². The average Bonchev–Trinajstić information content (AvgIpc) is 2.78. The molecule has 0 bridgehead atoms. The highest BCUT2D eigenvalue weighted by molar-refractivity contribution is 6.05. The summed E-state index contributed by atoms with van der Waals surface area (Å²) in [6.45, 7) is 4.44. The van der Waals surface area contributed by atoms with Gasteiger partial charge in [-0.3, -0.25) is 14.8 Å². The van der Waals surface area contributed by atoms with Crippen LogP contribution in [0.3, 0.4) is 0 Å². The fourth-order valence-corrected chi connectivity index (χ4v) is 4.83. The zero-order chi connectivity index (χ0) is 26.3.